The number of hydrogen-bond donors (Lipinski definition) is 2. The van der Waals surface area contributed by atoms with Crippen molar-refractivity contribution in [3.05, 3.63) is 28.2 Å². The van der Waals surface area contributed by atoms with E-state index in [-0.39, 0.29) is 12.1 Å². The van der Waals surface area contributed by atoms with E-state index in [0.29, 0.717) is 15.7 Å². The molecule has 0 saturated carbocycles. The highest BCUT2D eigenvalue weighted by molar-refractivity contribution is 9.10. The van der Waals surface area contributed by atoms with Crippen LogP contribution in [0, 0.1) is 0 Å². The van der Waals surface area contributed by atoms with Crippen LogP contribution in [0.25, 0.3) is 0 Å². The number of halogens is 1. The lowest BCUT2D eigenvalue weighted by atomic mass is 10.0. The fourth-order valence-corrected chi connectivity index (χ4v) is 2.28. The van der Waals surface area contributed by atoms with Crippen LogP contribution in [0.15, 0.2) is 22.7 Å². The van der Waals surface area contributed by atoms with Gasteiger partial charge in [0.25, 0.3) is 0 Å². The number of carboxylic acid groups (broad SMARTS) is 1. The van der Waals surface area contributed by atoms with Crippen LogP contribution in [0.2, 0.25) is 0 Å². The van der Waals surface area contributed by atoms with Gasteiger partial charge < -0.3 is 15.7 Å². The van der Waals surface area contributed by atoms with E-state index >= 15 is 0 Å². The predicted molar refractivity (Wildman–Crippen MR) is 77.4 cm³/mol. The molecule has 6 heteroatoms. The number of primary amides is 1. The Bertz CT molecular complexity index is 509. The largest absolute Gasteiger partial charge is 0.480 e. The van der Waals surface area contributed by atoms with Crippen LogP contribution in [0.5, 0.6) is 0 Å². The van der Waals surface area contributed by atoms with Crippen molar-refractivity contribution in [3.8, 4) is 0 Å². The molecule has 0 atom stereocenters. The molecule has 0 aliphatic carbocycles. The molecule has 1 amide bonds. The lowest BCUT2D eigenvalue weighted by Gasteiger charge is -2.36. The van der Waals surface area contributed by atoms with Crippen molar-refractivity contribution >= 4 is 33.5 Å². The minimum Gasteiger partial charge on any atom is -0.480 e. The Balaban J connectivity index is 3.21. The summed E-state index contributed by atoms with van der Waals surface area (Å²) in [7, 11) is 0. The Labute approximate surface area is 120 Å². The van der Waals surface area contributed by atoms with Crippen LogP contribution in [0.1, 0.15) is 31.1 Å². The number of anilines is 1. The van der Waals surface area contributed by atoms with Gasteiger partial charge in [-0.05, 0) is 54.9 Å². The fourth-order valence-electron chi connectivity index (χ4n) is 1.72. The summed E-state index contributed by atoms with van der Waals surface area (Å²) in [5, 5.41) is 8.99. The van der Waals surface area contributed by atoms with Crippen LogP contribution in [0.3, 0.4) is 0 Å². The van der Waals surface area contributed by atoms with E-state index in [1.165, 1.54) is 0 Å². The SMILES string of the molecule is CC(C)(C)N(CC(=O)O)c1ccc(C(N)=O)c(Br)c1. The first-order valence-electron chi connectivity index (χ1n) is 5.71. The maximum atomic E-state index is 11.2. The zero-order chi connectivity index (χ0) is 14.8. The third-order valence-electron chi connectivity index (χ3n) is 2.63. The highest BCUT2D eigenvalue weighted by Gasteiger charge is 2.24. The quantitative estimate of drug-likeness (QED) is 0.887. The smallest absolute Gasteiger partial charge is 0.323 e. The van der Waals surface area contributed by atoms with Crippen molar-refractivity contribution in [2.24, 2.45) is 5.73 Å². The molecule has 0 aliphatic rings. The number of hydrogen-bond acceptors (Lipinski definition) is 3. The van der Waals surface area contributed by atoms with Crippen molar-refractivity contribution in [3.63, 3.8) is 0 Å². The standard InChI is InChI=1S/C13H17BrN2O3/c1-13(2,3)16(7-11(17)18)8-4-5-9(12(15)19)10(14)6-8/h4-6H,7H2,1-3H3,(H2,15,19)(H,17,18). The van der Waals surface area contributed by atoms with Crippen molar-refractivity contribution in [1.29, 1.82) is 0 Å². The van der Waals surface area contributed by atoms with E-state index in [0.717, 1.165) is 0 Å². The summed E-state index contributed by atoms with van der Waals surface area (Å²) < 4.78 is 0.553. The van der Waals surface area contributed by atoms with Gasteiger partial charge in [0.1, 0.15) is 6.54 Å². The summed E-state index contributed by atoms with van der Waals surface area (Å²) in [5.74, 6) is -1.44. The third-order valence-corrected chi connectivity index (χ3v) is 3.29. The first-order chi connectivity index (χ1) is 8.62. The fraction of sp³-hybridized carbons (Fsp3) is 0.385. The lowest BCUT2D eigenvalue weighted by Crippen LogP contribution is -2.44. The lowest BCUT2D eigenvalue weighted by molar-refractivity contribution is -0.135. The molecule has 0 saturated heterocycles. The van der Waals surface area contributed by atoms with Gasteiger partial charge in [-0.15, -0.1) is 0 Å². The van der Waals surface area contributed by atoms with Gasteiger partial charge in [0.2, 0.25) is 5.91 Å². The number of aliphatic carboxylic acids is 1. The van der Waals surface area contributed by atoms with Crippen molar-refractivity contribution in [2.45, 2.75) is 26.3 Å². The first-order valence-corrected chi connectivity index (χ1v) is 6.51. The Hall–Kier alpha value is -1.56. The van der Waals surface area contributed by atoms with E-state index in [2.05, 4.69) is 15.9 Å². The normalized spacial score (nSPS) is 11.2. The van der Waals surface area contributed by atoms with Gasteiger partial charge in [-0.25, -0.2) is 0 Å². The molecule has 5 nitrogen and oxygen atoms in total. The number of nitrogens with two attached hydrogens (primary N) is 1. The average Bonchev–Trinajstić information content (AvgIpc) is 2.23. The summed E-state index contributed by atoms with van der Waals surface area (Å²) in [4.78, 5) is 23.9. The van der Waals surface area contributed by atoms with Crippen LogP contribution in [-0.2, 0) is 4.79 Å². The summed E-state index contributed by atoms with van der Waals surface area (Å²) in [6.07, 6.45) is 0. The highest BCUT2D eigenvalue weighted by Crippen LogP contribution is 2.28. The molecule has 19 heavy (non-hydrogen) atoms. The van der Waals surface area contributed by atoms with Crippen LogP contribution >= 0.6 is 15.9 Å². The molecule has 0 bridgehead atoms. The van der Waals surface area contributed by atoms with E-state index in [1.54, 1.807) is 23.1 Å². The number of carbonyl (C=O) groups excluding carboxylic acids is 1. The maximum Gasteiger partial charge on any atom is 0.323 e. The van der Waals surface area contributed by atoms with Gasteiger partial charge in [0.05, 0.1) is 5.56 Å². The Kier molecular flexibility index (Phi) is 4.57. The number of carboxylic acids is 1. The molecule has 0 unspecified atom stereocenters. The average molecular weight is 329 g/mol. The van der Waals surface area contributed by atoms with Gasteiger partial charge >= 0.3 is 5.97 Å². The molecular formula is C13H17BrN2O3. The molecule has 0 aliphatic heterocycles. The summed E-state index contributed by atoms with van der Waals surface area (Å²) in [6.45, 7) is 5.65. The van der Waals surface area contributed by atoms with E-state index < -0.39 is 11.9 Å². The predicted octanol–water partition coefficient (Wildman–Crippen LogP) is 2.24. The van der Waals surface area contributed by atoms with E-state index in [9.17, 15) is 9.59 Å². The maximum absolute atomic E-state index is 11.2. The number of rotatable bonds is 4. The second-order valence-electron chi connectivity index (χ2n) is 5.18. The molecule has 0 fully saturated rings. The molecule has 1 aromatic carbocycles. The Morgan fingerprint density at radius 1 is 1.37 bits per heavy atom. The van der Waals surface area contributed by atoms with Crippen LogP contribution in [0.4, 0.5) is 5.69 Å². The van der Waals surface area contributed by atoms with Crippen LogP contribution in [-0.4, -0.2) is 29.1 Å². The number of carbonyl (C=O) groups is 2. The van der Waals surface area contributed by atoms with Crippen molar-refractivity contribution in [2.75, 3.05) is 11.4 Å². The number of nitrogens with zero attached hydrogens (tertiary/aromatic N) is 1. The minimum atomic E-state index is -0.912. The second kappa shape index (κ2) is 5.61. The molecule has 0 heterocycles. The van der Waals surface area contributed by atoms with Crippen molar-refractivity contribution < 1.29 is 14.7 Å². The highest BCUT2D eigenvalue weighted by atomic mass is 79.9. The van der Waals surface area contributed by atoms with E-state index in [1.807, 2.05) is 20.8 Å². The summed E-state index contributed by atoms with van der Waals surface area (Å²) in [6, 6.07) is 4.98. The van der Waals surface area contributed by atoms with Crippen molar-refractivity contribution in [1.82, 2.24) is 0 Å². The zero-order valence-corrected chi connectivity index (χ0v) is 12.7. The zero-order valence-electron chi connectivity index (χ0n) is 11.1. The molecule has 1 aromatic rings. The van der Waals surface area contributed by atoms with E-state index in [4.69, 9.17) is 10.8 Å². The molecule has 0 aromatic heterocycles. The molecule has 3 N–H and O–H groups in total. The summed E-state index contributed by atoms with van der Waals surface area (Å²) in [5.41, 5.74) is 5.96. The molecule has 1 rings (SSSR count). The molecule has 104 valence electrons. The van der Waals surface area contributed by atoms with Gasteiger partial charge in [-0.3, -0.25) is 9.59 Å². The topological polar surface area (TPSA) is 83.6 Å². The third kappa shape index (κ3) is 3.96. The van der Waals surface area contributed by atoms with Gasteiger partial charge in [0.15, 0.2) is 0 Å². The molecular weight excluding hydrogens is 312 g/mol. The summed E-state index contributed by atoms with van der Waals surface area (Å²) >= 11 is 3.27. The second-order valence-corrected chi connectivity index (χ2v) is 6.03. The van der Waals surface area contributed by atoms with Gasteiger partial charge in [0, 0.05) is 15.7 Å². The number of benzene rings is 1. The first kappa shape index (κ1) is 15.5. The number of amides is 1. The minimum absolute atomic E-state index is 0.119. The monoisotopic (exact) mass is 328 g/mol. The van der Waals surface area contributed by atoms with Gasteiger partial charge in [-0.1, -0.05) is 0 Å². The Morgan fingerprint density at radius 2 is 1.95 bits per heavy atom. The molecule has 0 spiro atoms. The Morgan fingerprint density at radius 3 is 2.32 bits per heavy atom. The molecule has 0 radical (unpaired) electrons. The van der Waals surface area contributed by atoms with Crippen LogP contribution < -0.4 is 10.6 Å². The van der Waals surface area contributed by atoms with Gasteiger partial charge in [-0.2, -0.15) is 0 Å².